The topological polar surface area (TPSA) is 85.1 Å². The number of nitrogen functional groups attached to an aromatic ring is 1. The van der Waals surface area contributed by atoms with Crippen molar-refractivity contribution in [2.24, 2.45) is 5.84 Å². The van der Waals surface area contributed by atoms with Gasteiger partial charge in [-0.2, -0.15) is 0 Å². The largest absolute Gasteiger partial charge is 0.374 e. The normalized spacial score (nSPS) is 10.6. The lowest BCUT2D eigenvalue weighted by Crippen LogP contribution is -2.13. The van der Waals surface area contributed by atoms with E-state index in [0.29, 0.717) is 24.9 Å². The second-order valence-electron chi connectivity index (χ2n) is 4.41. The van der Waals surface area contributed by atoms with E-state index in [-0.39, 0.29) is 0 Å². The minimum absolute atomic E-state index is 0.375. The number of hydrogen-bond acceptors (Lipinski definition) is 7. The van der Waals surface area contributed by atoms with Crippen LogP contribution >= 0.6 is 11.3 Å². The molecule has 0 amide bonds. The van der Waals surface area contributed by atoms with Gasteiger partial charge < -0.3 is 15.5 Å². The minimum Gasteiger partial charge on any atom is -0.374 e. The van der Waals surface area contributed by atoms with E-state index in [2.05, 4.69) is 39.1 Å². The molecule has 0 saturated heterocycles. The van der Waals surface area contributed by atoms with Crippen LogP contribution in [-0.4, -0.2) is 16.6 Å². The highest BCUT2D eigenvalue weighted by atomic mass is 32.1. The van der Waals surface area contributed by atoms with Crippen molar-refractivity contribution >= 4 is 23.0 Å². The van der Waals surface area contributed by atoms with E-state index in [9.17, 15) is 0 Å². The number of hydrazine groups is 1. The van der Waals surface area contributed by atoms with Crippen LogP contribution in [0.3, 0.4) is 0 Å². The van der Waals surface area contributed by atoms with E-state index in [0.717, 1.165) is 18.8 Å². The van der Waals surface area contributed by atoms with Crippen LogP contribution in [0.2, 0.25) is 0 Å². The van der Waals surface area contributed by atoms with Gasteiger partial charge >= 0.3 is 0 Å². The first-order valence-corrected chi connectivity index (χ1v) is 7.86. The number of rotatable bonds is 8. The first kappa shape index (κ1) is 15.7. The van der Waals surface area contributed by atoms with Gasteiger partial charge in [-0.25, -0.2) is 15.8 Å². The first-order chi connectivity index (χ1) is 10.3. The highest BCUT2D eigenvalue weighted by Crippen LogP contribution is 2.19. The molecule has 0 bridgehead atoms. The average Bonchev–Trinajstić information content (AvgIpc) is 2.98. The summed E-state index contributed by atoms with van der Waals surface area (Å²) in [5, 5.41) is 5.44. The molecule has 0 spiro atoms. The summed E-state index contributed by atoms with van der Waals surface area (Å²) in [7, 11) is 0. The highest BCUT2D eigenvalue weighted by molar-refractivity contribution is 7.10. The molecule has 2 aromatic rings. The fourth-order valence-electron chi connectivity index (χ4n) is 1.93. The van der Waals surface area contributed by atoms with Gasteiger partial charge in [0.15, 0.2) is 5.82 Å². The highest BCUT2D eigenvalue weighted by Gasteiger charge is 2.06. The smallest absolute Gasteiger partial charge is 0.158 e. The number of hydrogen-bond donors (Lipinski definition) is 3. The van der Waals surface area contributed by atoms with Crippen molar-refractivity contribution < 1.29 is 4.74 Å². The molecule has 2 heterocycles. The molecule has 2 aromatic heterocycles. The Morgan fingerprint density at radius 2 is 2.10 bits per heavy atom. The van der Waals surface area contributed by atoms with Crippen molar-refractivity contribution in [3.8, 4) is 0 Å². The Morgan fingerprint density at radius 3 is 2.81 bits per heavy atom. The molecule has 0 saturated carbocycles. The van der Waals surface area contributed by atoms with Crippen LogP contribution < -0.4 is 16.6 Å². The van der Waals surface area contributed by atoms with Gasteiger partial charge in [-0.3, -0.25) is 0 Å². The number of aromatic nitrogens is 2. The second-order valence-corrected chi connectivity index (χ2v) is 5.41. The molecule has 114 valence electrons. The van der Waals surface area contributed by atoms with Crippen LogP contribution in [0.5, 0.6) is 0 Å². The lowest BCUT2D eigenvalue weighted by molar-refractivity contribution is 0.128. The standard InChI is InChI=1S/C14H21N5OS/c1-3-10-5-6-21-11(10)8-16-12-7-13(19-15)18-14(17-12)9-20-4-2/h5-7H,3-4,8-9,15H2,1-2H3,(H2,16,17,18,19). The van der Waals surface area contributed by atoms with Crippen LogP contribution in [0.15, 0.2) is 17.5 Å². The fourth-order valence-corrected chi connectivity index (χ4v) is 2.84. The second kappa shape index (κ2) is 7.92. The predicted molar refractivity (Wildman–Crippen MR) is 86.2 cm³/mol. The first-order valence-electron chi connectivity index (χ1n) is 6.98. The van der Waals surface area contributed by atoms with Crippen molar-refractivity contribution in [2.45, 2.75) is 33.4 Å². The maximum atomic E-state index is 5.45. The van der Waals surface area contributed by atoms with Crippen molar-refractivity contribution in [1.82, 2.24) is 9.97 Å². The molecule has 2 rings (SSSR count). The van der Waals surface area contributed by atoms with E-state index < -0.39 is 0 Å². The van der Waals surface area contributed by atoms with Gasteiger partial charge in [0.05, 0.1) is 6.54 Å². The van der Waals surface area contributed by atoms with Crippen LogP contribution in [0.1, 0.15) is 30.1 Å². The van der Waals surface area contributed by atoms with Crippen molar-refractivity contribution in [3.63, 3.8) is 0 Å². The Hall–Kier alpha value is -1.70. The molecule has 0 aliphatic heterocycles. The molecule has 7 heteroatoms. The van der Waals surface area contributed by atoms with Gasteiger partial charge in [-0.05, 0) is 30.4 Å². The Morgan fingerprint density at radius 1 is 1.29 bits per heavy atom. The van der Waals surface area contributed by atoms with E-state index in [1.54, 1.807) is 17.4 Å². The summed E-state index contributed by atoms with van der Waals surface area (Å²) in [5.74, 6) is 7.37. The van der Waals surface area contributed by atoms with E-state index in [4.69, 9.17) is 10.6 Å². The van der Waals surface area contributed by atoms with Gasteiger partial charge in [0.25, 0.3) is 0 Å². The van der Waals surface area contributed by atoms with Gasteiger partial charge in [0.2, 0.25) is 0 Å². The summed E-state index contributed by atoms with van der Waals surface area (Å²) in [6.07, 6.45) is 1.04. The van der Waals surface area contributed by atoms with E-state index in [1.807, 2.05) is 6.92 Å². The number of nitrogens with zero attached hydrogens (tertiary/aromatic N) is 2. The number of thiophene rings is 1. The molecule has 0 aliphatic carbocycles. The molecule has 4 N–H and O–H groups in total. The third-order valence-electron chi connectivity index (χ3n) is 3.00. The molecule has 0 aliphatic rings. The number of nitrogens with two attached hydrogens (primary N) is 1. The monoisotopic (exact) mass is 307 g/mol. The van der Waals surface area contributed by atoms with E-state index in [1.165, 1.54) is 10.4 Å². The average molecular weight is 307 g/mol. The zero-order chi connectivity index (χ0) is 15.1. The zero-order valence-corrected chi connectivity index (χ0v) is 13.2. The van der Waals surface area contributed by atoms with Gasteiger partial charge in [-0.15, -0.1) is 11.3 Å². The molecule has 6 nitrogen and oxygen atoms in total. The van der Waals surface area contributed by atoms with E-state index >= 15 is 0 Å². The Labute approximate surface area is 128 Å². The molecule has 0 radical (unpaired) electrons. The summed E-state index contributed by atoms with van der Waals surface area (Å²) in [6, 6.07) is 3.95. The SMILES string of the molecule is CCOCc1nc(NN)cc(NCc2sccc2CC)n1. The predicted octanol–water partition coefficient (Wildman–Crippen LogP) is 2.53. The summed E-state index contributed by atoms with van der Waals surface area (Å²) >= 11 is 1.75. The summed E-state index contributed by atoms with van der Waals surface area (Å²) < 4.78 is 5.34. The molecule has 0 atom stereocenters. The quantitative estimate of drug-likeness (QED) is 0.513. The summed E-state index contributed by atoms with van der Waals surface area (Å²) in [5.41, 5.74) is 3.92. The van der Waals surface area contributed by atoms with Crippen molar-refractivity contribution in [2.75, 3.05) is 17.3 Å². The minimum atomic E-state index is 0.375. The van der Waals surface area contributed by atoms with Crippen LogP contribution in [0.25, 0.3) is 0 Å². The third-order valence-corrected chi connectivity index (χ3v) is 3.97. The molecule has 0 aromatic carbocycles. The molecule has 0 fully saturated rings. The van der Waals surface area contributed by atoms with Gasteiger partial charge in [0, 0.05) is 17.6 Å². The Kier molecular flexibility index (Phi) is 5.91. The molecular weight excluding hydrogens is 286 g/mol. The molecule has 21 heavy (non-hydrogen) atoms. The number of nitrogens with one attached hydrogen (secondary N) is 2. The fraction of sp³-hybridized carbons (Fsp3) is 0.429. The third kappa shape index (κ3) is 4.38. The number of aryl methyl sites for hydroxylation is 1. The maximum absolute atomic E-state index is 5.45. The lowest BCUT2D eigenvalue weighted by Gasteiger charge is -2.10. The Balaban J connectivity index is 2.07. The Bertz CT molecular complexity index is 572. The molecular formula is C14H21N5OS. The summed E-state index contributed by atoms with van der Waals surface area (Å²) in [4.78, 5) is 10.0. The summed E-state index contributed by atoms with van der Waals surface area (Å²) in [6.45, 7) is 5.84. The van der Waals surface area contributed by atoms with Crippen LogP contribution in [0, 0.1) is 0 Å². The van der Waals surface area contributed by atoms with Crippen molar-refractivity contribution in [3.05, 3.63) is 33.8 Å². The van der Waals surface area contributed by atoms with Crippen LogP contribution in [0.4, 0.5) is 11.6 Å². The molecule has 0 unspecified atom stereocenters. The lowest BCUT2D eigenvalue weighted by atomic mass is 10.2. The van der Waals surface area contributed by atoms with Gasteiger partial charge in [-0.1, -0.05) is 6.92 Å². The zero-order valence-electron chi connectivity index (χ0n) is 12.3. The van der Waals surface area contributed by atoms with Gasteiger partial charge in [0.1, 0.15) is 18.2 Å². The number of anilines is 2. The van der Waals surface area contributed by atoms with Crippen LogP contribution in [-0.2, 0) is 24.3 Å². The van der Waals surface area contributed by atoms with Crippen molar-refractivity contribution in [1.29, 1.82) is 0 Å². The number of ether oxygens (including phenoxy) is 1. The maximum Gasteiger partial charge on any atom is 0.158 e.